The van der Waals surface area contributed by atoms with E-state index in [1.807, 2.05) is 0 Å². The lowest BCUT2D eigenvalue weighted by Crippen LogP contribution is -2.50. The van der Waals surface area contributed by atoms with E-state index in [1.165, 1.54) is 74.8 Å². The van der Waals surface area contributed by atoms with Crippen molar-refractivity contribution in [3.63, 3.8) is 0 Å². The maximum Gasteiger partial charge on any atom is 0.328 e. The first-order valence-corrected chi connectivity index (χ1v) is 29.2. The quantitative estimate of drug-likeness (QED) is 0.0268. The standard InChI is InChI=1S/C54H91N13O9S/c1-4-6-8-9-10-11-12-13-14-15-16-21-46(70)76-35-36-77-39-42(55)51(72)63-43(52(73)75-3)26-27-44(68)59-33-19-30-57-28-17-18-29-58-31-20-34-60-45(69)37-62-50(71)41-24-22-40(23-25-41)38-67-49-47(64-54(67)74)48(56)65-53(66-49)61-32-7-5-2/h22-25,42-43,57-58H,4-21,26-39,55H2,1-3H3,(H,59,68)(H,60,69)(H,62,71)(H,63,72)(H,64,74)(H3,56,61,65,66)/t42-,43?/m0/s1. The van der Waals surface area contributed by atoms with Crippen molar-refractivity contribution in [1.29, 1.82) is 0 Å². The summed E-state index contributed by atoms with van der Waals surface area (Å²) in [5.41, 5.74) is 14.0. The molecular weight excluding hydrogens is 1010 g/mol. The van der Waals surface area contributed by atoms with Crippen LogP contribution in [-0.2, 0) is 40.0 Å². The van der Waals surface area contributed by atoms with Gasteiger partial charge in [0.25, 0.3) is 11.9 Å². The Balaban J connectivity index is 1.13. The molecule has 77 heavy (non-hydrogen) atoms. The van der Waals surface area contributed by atoms with Gasteiger partial charge in [-0.15, -0.1) is 0 Å². The Kier molecular flexibility index (Phi) is 34.4. The van der Waals surface area contributed by atoms with Gasteiger partial charge in [-0.3, -0.25) is 28.5 Å². The molecule has 1 unspecified atom stereocenters. The summed E-state index contributed by atoms with van der Waals surface area (Å²) in [4.78, 5) is 87.8. The summed E-state index contributed by atoms with van der Waals surface area (Å²) >= 11 is 1.38. The number of nitrogen functional groups attached to an aromatic ring is 1. The van der Waals surface area contributed by atoms with Crippen molar-refractivity contribution in [2.45, 2.75) is 161 Å². The highest BCUT2D eigenvalue weighted by Crippen LogP contribution is 2.25. The maximum absolute atomic E-state index is 12.8. The van der Waals surface area contributed by atoms with Gasteiger partial charge in [0.05, 0.1) is 26.2 Å². The Morgan fingerprint density at radius 3 is 1.95 bits per heavy atom. The molecule has 3 rings (SSSR count). The summed E-state index contributed by atoms with van der Waals surface area (Å²) in [6, 6.07) is 4.64. The van der Waals surface area contributed by atoms with Gasteiger partial charge in [0, 0.05) is 49.5 Å². The van der Waals surface area contributed by atoms with Gasteiger partial charge in [-0.25, -0.2) is 4.79 Å². The fourth-order valence-electron chi connectivity index (χ4n) is 8.05. The van der Waals surface area contributed by atoms with Crippen LogP contribution >= 0.6 is 11.8 Å². The zero-order valence-corrected chi connectivity index (χ0v) is 47.0. The molecule has 22 nitrogen and oxygen atoms in total. The molecule has 1 aromatic carbocycles. The maximum atomic E-state index is 12.8. The van der Waals surface area contributed by atoms with Crippen LogP contribution in [0.2, 0.25) is 0 Å². The first kappa shape index (κ1) is 65.5. The minimum atomic E-state index is -1.01. The van der Waals surface area contributed by atoms with E-state index in [2.05, 4.69) is 66.0 Å². The van der Waals surface area contributed by atoms with Gasteiger partial charge >= 0.3 is 11.9 Å². The molecule has 0 bridgehead atoms. The number of rotatable bonds is 45. The molecular formula is C54H91N13O9S. The van der Waals surface area contributed by atoms with Crippen LogP contribution in [0.25, 0.3) is 11.2 Å². The summed E-state index contributed by atoms with van der Waals surface area (Å²) < 4.78 is 11.7. The number of nitrogens with two attached hydrogens (primary N) is 2. The number of thioether (sulfide) groups is 1. The predicted molar refractivity (Wildman–Crippen MR) is 303 cm³/mol. The molecule has 0 aliphatic rings. The number of carbonyl (C=O) groups excluding carboxylic acids is 6. The number of hydrogen-bond acceptors (Lipinski definition) is 18. The van der Waals surface area contributed by atoms with Gasteiger partial charge in [0.2, 0.25) is 23.7 Å². The fraction of sp³-hybridized carbons (Fsp3) is 0.685. The molecule has 0 aliphatic carbocycles. The number of ether oxygens (including phenoxy) is 2. The van der Waals surface area contributed by atoms with Gasteiger partial charge in [-0.2, -0.15) is 26.7 Å². The molecule has 2 atom stereocenters. The minimum absolute atomic E-state index is 0.0193. The average molecular weight is 1100 g/mol. The van der Waals surface area contributed by atoms with Crippen molar-refractivity contribution >= 4 is 70.3 Å². The summed E-state index contributed by atoms with van der Waals surface area (Å²) in [5.74, 6) is -1.02. The molecule has 0 fully saturated rings. The number of imidazole rings is 1. The molecule has 2 aromatic heterocycles. The molecule has 12 N–H and O–H groups in total. The van der Waals surface area contributed by atoms with Crippen LogP contribution in [0.5, 0.6) is 6.01 Å². The van der Waals surface area contributed by atoms with Crippen LogP contribution in [0.4, 0.5) is 11.8 Å². The van der Waals surface area contributed by atoms with Gasteiger partial charge in [0.1, 0.15) is 12.6 Å². The van der Waals surface area contributed by atoms with E-state index in [0.717, 1.165) is 89.5 Å². The van der Waals surface area contributed by atoms with E-state index in [-0.39, 0.29) is 73.8 Å². The lowest BCUT2D eigenvalue weighted by Gasteiger charge is -2.19. The van der Waals surface area contributed by atoms with Crippen molar-refractivity contribution < 1.29 is 43.3 Å². The highest BCUT2D eigenvalue weighted by Gasteiger charge is 2.25. The molecule has 3 aromatic rings. The van der Waals surface area contributed by atoms with Crippen LogP contribution in [0, 0.1) is 0 Å². The number of aromatic hydroxyl groups is 1. The number of fused-ring (bicyclic) bond motifs is 1. The zero-order valence-electron chi connectivity index (χ0n) is 46.2. The van der Waals surface area contributed by atoms with E-state index >= 15 is 0 Å². The van der Waals surface area contributed by atoms with Gasteiger partial charge in [-0.05, 0) is 88.8 Å². The summed E-state index contributed by atoms with van der Waals surface area (Å²) in [6.45, 7) is 9.36. The largest absolute Gasteiger partial charge is 0.480 e. The summed E-state index contributed by atoms with van der Waals surface area (Å²) in [6.07, 6.45) is 19.2. The molecule has 0 radical (unpaired) electrons. The number of carbonyl (C=O) groups is 6. The molecule has 0 saturated carbocycles. The number of aromatic nitrogens is 4. The molecule has 432 valence electrons. The first-order chi connectivity index (χ1) is 37.4. The molecule has 2 heterocycles. The van der Waals surface area contributed by atoms with Crippen LogP contribution in [-0.4, -0.2) is 150 Å². The van der Waals surface area contributed by atoms with E-state index in [9.17, 15) is 33.9 Å². The Hall–Kier alpha value is -5.78. The first-order valence-electron chi connectivity index (χ1n) is 28.0. The number of benzene rings is 1. The summed E-state index contributed by atoms with van der Waals surface area (Å²) in [5, 5.41) is 31.4. The van der Waals surface area contributed by atoms with Gasteiger partial charge < -0.3 is 63.3 Å². The Labute approximate surface area is 460 Å². The predicted octanol–water partition coefficient (Wildman–Crippen LogP) is 4.82. The van der Waals surface area contributed by atoms with Crippen molar-refractivity contribution in [2.24, 2.45) is 5.73 Å². The van der Waals surface area contributed by atoms with Crippen molar-refractivity contribution in [3.8, 4) is 6.01 Å². The molecule has 0 saturated heterocycles. The third-order valence-corrected chi connectivity index (χ3v) is 13.7. The van der Waals surface area contributed by atoms with Crippen LogP contribution in [0.1, 0.15) is 158 Å². The normalized spacial score (nSPS) is 11.9. The van der Waals surface area contributed by atoms with Crippen LogP contribution in [0.3, 0.4) is 0 Å². The second-order valence-corrected chi connectivity index (χ2v) is 20.3. The smallest absolute Gasteiger partial charge is 0.328 e. The Morgan fingerprint density at radius 1 is 0.701 bits per heavy atom. The lowest BCUT2D eigenvalue weighted by molar-refractivity contribution is -0.145. The minimum Gasteiger partial charge on any atom is -0.480 e. The number of anilines is 2. The fourth-order valence-corrected chi connectivity index (χ4v) is 8.83. The SMILES string of the molecule is CCCCCCCCCCCCCC(=O)OCCSC[C@H](N)C(=O)NC(CCC(=O)NCCCNCCCCNCCCNC(=O)CNC(=O)c1ccc(Cn2c(O)nc3c(N)nc(NCCCC)nc32)cc1)C(=O)OC. The number of hydrogen-bond donors (Lipinski definition) is 10. The number of nitrogens with zero attached hydrogens (tertiary/aromatic N) is 4. The second-order valence-electron chi connectivity index (χ2n) is 19.2. The Bertz CT molecular complexity index is 2180. The number of methoxy groups -OCH3 is 1. The number of esters is 2. The monoisotopic (exact) mass is 1100 g/mol. The Morgan fingerprint density at radius 2 is 1.31 bits per heavy atom. The topological polar surface area (TPSA) is 321 Å². The summed E-state index contributed by atoms with van der Waals surface area (Å²) in [7, 11) is 1.22. The van der Waals surface area contributed by atoms with Crippen LogP contribution < -0.4 is 48.7 Å². The number of unbranched alkanes of at least 4 members (excludes halogenated alkanes) is 12. The average Bonchev–Trinajstić information content (AvgIpc) is 3.76. The molecule has 0 spiro atoms. The number of amides is 4. The third kappa shape index (κ3) is 28.4. The van der Waals surface area contributed by atoms with E-state index in [1.54, 1.807) is 24.3 Å². The zero-order chi connectivity index (χ0) is 55.9. The van der Waals surface area contributed by atoms with Crippen molar-refractivity contribution in [3.05, 3.63) is 35.4 Å². The van der Waals surface area contributed by atoms with E-state index < -0.39 is 24.0 Å². The van der Waals surface area contributed by atoms with E-state index in [0.29, 0.717) is 54.5 Å². The van der Waals surface area contributed by atoms with Crippen LogP contribution in [0.15, 0.2) is 24.3 Å². The second kappa shape index (κ2) is 40.4. The van der Waals surface area contributed by atoms with Gasteiger partial charge in [0.15, 0.2) is 17.0 Å². The molecule has 23 heteroatoms. The molecule has 4 amide bonds. The lowest BCUT2D eigenvalue weighted by atomic mass is 10.1. The number of nitrogens with one attached hydrogen (secondary N) is 7. The molecule has 0 aliphatic heterocycles. The highest BCUT2D eigenvalue weighted by atomic mass is 32.2. The third-order valence-electron chi connectivity index (χ3n) is 12.6. The van der Waals surface area contributed by atoms with Gasteiger partial charge in [-0.1, -0.05) is 96.6 Å². The van der Waals surface area contributed by atoms with Crippen molar-refractivity contribution in [2.75, 3.05) is 88.6 Å². The van der Waals surface area contributed by atoms with Crippen molar-refractivity contribution in [1.82, 2.24) is 51.4 Å². The highest BCUT2D eigenvalue weighted by molar-refractivity contribution is 7.99. The van der Waals surface area contributed by atoms with E-state index in [4.69, 9.17) is 20.9 Å².